The molecule has 1 fully saturated rings. The summed E-state index contributed by atoms with van der Waals surface area (Å²) in [6, 6.07) is 13.1. The molecule has 2 aromatic heterocycles. The SMILES string of the molecule is COc1cccc(N2CCN(C(=O)c3ccccc3-c3nccs3)CCO2)n1. The van der Waals surface area contributed by atoms with Gasteiger partial charge in [-0.2, -0.15) is 4.98 Å². The lowest BCUT2D eigenvalue weighted by Crippen LogP contribution is -2.35. The van der Waals surface area contributed by atoms with Crippen molar-refractivity contribution in [2.45, 2.75) is 0 Å². The molecule has 28 heavy (non-hydrogen) atoms. The summed E-state index contributed by atoms with van der Waals surface area (Å²) < 4.78 is 5.18. The fourth-order valence-electron chi connectivity index (χ4n) is 3.07. The number of carbonyl (C=O) groups is 1. The van der Waals surface area contributed by atoms with Gasteiger partial charge in [-0.3, -0.25) is 9.63 Å². The predicted molar refractivity (Wildman–Crippen MR) is 108 cm³/mol. The Bertz CT molecular complexity index is 948. The van der Waals surface area contributed by atoms with E-state index in [1.165, 1.54) is 11.3 Å². The number of carbonyl (C=O) groups excluding carboxylic acids is 1. The number of hydroxylamine groups is 1. The molecule has 1 amide bonds. The molecule has 1 aromatic carbocycles. The van der Waals surface area contributed by atoms with Crippen LogP contribution < -0.4 is 9.80 Å². The van der Waals surface area contributed by atoms with E-state index in [0.29, 0.717) is 43.5 Å². The largest absolute Gasteiger partial charge is 0.481 e. The van der Waals surface area contributed by atoms with Gasteiger partial charge >= 0.3 is 0 Å². The van der Waals surface area contributed by atoms with Crippen molar-refractivity contribution in [1.82, 2.24) is 14.9 Å². The monoisotopic (exact) mass is 396 g/mol. The highest BCUT2D eigenvalue weighted by molar-refractivity contribution is 7.13. The van der Waals surface area contributed by atoms with E-state index < -0.39 is 0 Å². The summed E-state index contributed by atoms with van der Waals surface area (Å²) in [5, 5.41) is 4.47. The number of benzene rings is 1. The van der Waals surface area contributed by atoms with Crippen LogP contribution in [0.2, 0.25) is 0 Å². The van der Waals surface area contributed by atoms with Crippen LogP contribution in [0, 0.1) is 0 Å². The summed E-state index contributed by atoms with van der Waals surface area (Å²) in [5.41, 5.74) is 1.52. The van der Waals surface area contributed by atoms with Crippen molar-refractivity contribution < 1.29 is 14.4 Å². The third kappa shape index (κ3) is 3.83. The number of aromatic nitrogens is 2. The maximum absolute atomic E-state index is 13.2. The third-order valence-corrected chi connectivity index (χ3v) is 5.27. The van der Waals surface area contributed by atoms with Gasteiger partial charge in [0.1, 0.15) is 5.01 Å². The van der Waals surface area contributed by atoms with Crippen LogP contribution in [0.15, 0.2) is 54.0 Å². The van der Waals surface area contributed by atoms with Crippen LogP contribution in [0.3, 0.4) is 0 Å². The first kappa shape index (κ1) is 18.4. The van der Waals surface area contributed by atoms with Crippen molar-refractivity contribution in [3.8, 4) is 16.5 Å². The quantitative estimate of drug-likeness (QED) is 0.675. The first-order valence-corrected chi connectivity index (χ1v) is 9.84. The van der Waals surface area contributed by atoms with Crippen LogP contribution in [0.1, 0.15) is 10.4 Å². The number of methoxy groups -OCH3 is 1. The van der Waals surface area contributed by atoms with E-state index in [1.54, 1.807) is 24.4 Å². The Morgan fingerprint density at radius 2 is 2.04 bits per heavy atom. The standard InChI is InChI=1S/C20H20N4O3S/c1-26-18-8-4-7-17(22-18)24-11-10-23(12-13-27-24)20(25)16-6-3-2-5-15(16)19-21-9-14-28-19/h2-9,14H,10-13H2,1H3. The highest BCUT2D eigenvalue weighted by atomic mass is 32.1. The molecule has 8 heteroatoms. The van der Waals surface area contributed by atoms with Gasteiger partial charge in [-0.25, -0.2) is 10.0 Å². The van der Waals surface area contributed by atoms with Gasteiger partial charge in [0.05, 0.1) is 20.3 Å². The molecule has 1 aliphatic rings. The first-order chi connectivity index (χ1) is 13.8. The smallest absolute Gasteiger partial charge is 0.254 e. The fourth-order valence-corrected chi connectivity index (χ4v) is 3.75. The van der Waals surface area contributed by atoms with Gasteiger partial charge in [0.2, 0.25) is 5.88 Å². The Morgan fingerprint density at radius 3 is 2.86 bits per heavy atom. The third-order valence-electron chi connectivity index (χ3n) is 4.46. The highest BCUT2D eigenvalue weighted by Crippen LogP contribution is 2.27. The molecule has 1 aliphatic heterocycles. The second-order valence-corrected chi connectivity index (χ2v) is 7.04. The lowest BCUT2D eigenvalue weighted by molar-refractivity contribution is 0.0731. The van der Waals surface area contributed by atoms with Gasteiger partial charge in [-0.1, -0.05) is 24.3 Å². The maximum Gasteiger partial charge on any atom is 0.254 e. The molecule has 0 N–H and O–H groups in total. The van der Waals surface area contributed by atoms with E-state index in [1.807, 2.05) is 46.7 Å². The molecular weight excluding hydrogens is 376 g/mol. The molecule has 0 saturated carbocycles. The van der Waals surface area contributed by atoms with E-state index in [9.17, 15) is 4.79 Å². The molecule has 0 atom stereocenters. The number of ether oxygens (including phenoxy) is 1. The van der Waals surface area contributed by atoms with Gasteiger partial charge in [-0.15, -0.1) is 11.3 Å². The molecule has 0 aliphatic carbocycles. The van der Waals surface area contributed by atoms with Gasteiger partial charge in [-0.05, 0) is 12.1 Å². The summed E-state index contributed by atoms with van der Waals surface area (Å²) >= 11 is 1.52. The van der Waals surface area contributed by atoms with Crippen LogP contribution >= 0.6 is 11.3 Å². The van der Waals surface area contributed by atoms with Crippen molar-refractivity contribution in [1.29, 1.82) is 0 Å². The average molecular weight is 396 g/mol. The normalized spacial score (nSPS) is 14.6. The van der Waals surface area contributed by atoms with E-state index in [4.69, 9.17) is 9.57 Å². The number of hydrogen-bond donors (Lipinski definition) is 0. The van der Waals surface area contributed by atoms with E-state index >= 15 is 0 Å². The summed E-state index contributed by atoms with van der Waals surface area (Å²) in [6.45, 7) is 1.95. The zero-order valence-electron chi connectivity index (χ0n) is 15.4. The van der Waals surface area contributed by atoms with Crippen LogP contribution in [-0.2, 0) is 4.84 Å². The van der Waals surface area contributed by atoms with Gasteiger partial charge in [0, 0.05) is 41.9 Å². The second kappa shape index (κ2) is 8.37. The number of nitrogens with zero attached hydrogens (tertiary/aromatic N) is 4. The maximum atomic E-state index is 13.2. The van der Waals surface area contributed by atoms with E-state index in [0.717, 1.165) is 10.6 Å². The van der Waals surface area contributed by atoms with Gasteiger partial charge in [0.15, 0.2) is 5.82 Å². The minimum atomic E-state index is -0.0187. The minimum Gasteiger partial charge on any atom is -0.481 e. The number of thiazole rings is 1. The number of hydrogen-bond acceptors (Lipinski definition) is 7. The predicted octanol–water partition coefficient (Wildman–Crippen LogP) is 3.11. The average Bonchev–Trinajstić information content (AvgIpc) is 3.17. The second-order valence-electron chi connectivity index (χ2n) is 6.15. The van der Waals surface area contributed by atoms with Crippen molar-refractivity contribution in [2.75, 3.05) is 38.4 Å². The molecule has 0 unspecified atom stereocenters. The molecule has 7 nitrogen and oxygen atoms in total. The number of pyridine rings is 1. The first-order valence-electron chi connectivity index (χ1n) is 8.96. The van der Waals surface area contributed by atoms with Crippen LogP contribution in [0.4, 0.5) is 5.82 Å². The summed E-state index contributed by atoms with van der Waals surface area (Å²) in [7, 11) is 1.58. The molecule has 3 aromatic rings. The van der Waals surface area contributed by atoms with E-state index in [2.05, 4.69) is 9.97 Å². The Balaban J connectivity index is 1.51. The Kier molecular flexibility index (Phi) is 5.50. The highest BCUT2D eigenvalue weighted by Gasteiger charge is 2.24. The molecule has 1 saturated heterocycles. The van der Waals surface area contributed by atoms with Gasteiger partial charge < -0.3 is 9.64 Å². The lowest BCUT2D eigenvalue weighted by Gasteiger charge is -2.22. The van der Waals surface area contributed by atoms with Crippen molar-refractivity contribution in [2.24, 2.45) is 0 Å². The number of rotatable bonds is 4. The summed E-state index contributed by atoms with van der Waals surface area (Å²) in [4.78, 5) is 29.6. The molecule has 3 heterocycles. The van der Waals surface area contributed by atoms with Gasteiger partial charge in [0.25, 0.3) is 5.91 Å². The molecule has 0 radical (unpaired) electrons. The number of anilines is 1. The van der Waals surface area contributed by atoms with Crippen LogP contribution in [-0.4, -0.2) is 54.1 Å². The van der Waals surface area contributed by atoms with Crippen molar-refractivity contribution in [3.05, 3.63) is 59.6 Å². The van der Waals surface area contributed by atoms with E-state index in [-0.39, 0.29) is 5.91 Å². The summed E-state index contributed by atoms with van der Waals surface area (Å²) in [5.74, 6) is 1.17. The molecule has 4 rings (SSSR count). The van der Waals surface area contributed by atoms with Crippen molar-refractivity contribution >= 4 is 23.1 Å². The molecule has 0 bridgehead atoms. The fraction of sp³-hybridized carbons (Fsp3) is 0.250. The molecule has 144 valence electrons. The zero-order valence-corrected chi connectivity index (χ0v) is 16.3. The van der Waals surface area contributed by atoms with Crippen LogP contribution in [0.5, 0.6) is 5.88 Å². The number of amides is 1. The Hall–Kier alpha value is -2.97. The Morgan fingerprint density at radius 1 is 1.14 bits per heavy atom. The molecular formula is C20H20N4O3S. The minimum absolute atomic E-state index is 0.0187. The van der Waals surface area contributed by atoms with Crippen LogP contribution in [0.25, 0.3) is 10.6 Å². The lowest BCUT2D eigenvalue weighted by atomic mass is 10.1. The summed E-state index contributed by atoms with van der Waals surface area (Å²) in [6.07, 6.45) is 1.75. The topological polar surface area (TPSA) is 67.8 Å². The molecule has 0 spiro atoms. The van der Waals surface area contributed by atoms with Crippen molar-refractivity contribution in [3.63, 3.8) is 0 Å². The Labute approximate surface area is 167 Å². The zero-order chi connectivity index (χ0) is 19.3.